The van der Waals surface area contributed by atoms with E-state index in [2.05, 4.69) is 5.32 Å². The van der Waals surface area contributed by atoms with Crippen molar-refractivity contribution in [3.8, 4) is 0 Å². The average molecular weight is 264 g/mol. The van der Waals surface area contributed by atoms with Crippen molar-refractivity contribution in [3.63, 3.8) is 0 Å². The summed E-state index contributed by atoms with van der Waals surface area (Å²) in [7, 11) is 0. The Kier molecular flexibility index (Phi) is 4.50. The zero-order chi connectivity index (χ0) is 13.7. The Hall–Kier alpha value is -1.46. The number of benzene rings is 1. The standard InChI is InChI=1S/C14H20N2O3/c17-11-14(8-4-1-5-9-14)15-10-12-6-2-3-7-13(12)16(18)19/h2-3,6-7,15,17H,1,4-5,8-11H2. The second-order valence-corrected chi connectivity index (χ2v) is 5.24. The molecule has 2 N–H and O–H groups in total. The molecule has 0 heterocycles. The summed E-state index contributed by atoms with van der Waals surface area (Å²) in [6, 6.07) is 6.75. The molecule has 1 aromatic rings. The molecule has 5 heteroatoms. The number of rotatable bonds is 5. The Morgan fingerprint density at radius 3 is 2.58 bits per heavy atom. The lowest BCUT2D eigenvalue weighted by molar-refractivity contribution is -0.385. The largest absolute Gasteiger partial charge is 0.394 e. The molecule has 0 saturated heterocycles. The Balaban J connectivity index is 2.07. The molecule has 0 aromatic heterocycles. The van der Waals surface area contributed by atoms with Gasteiger partial charge in [0.2, 0.25) is 0 Å². The predicted octanol–water partition coefficient (Wildman–Crippen LogP) is 2.38. The molecule has 1 aliphatic carbocycles. The van der Waals surface area contributed by atoms with Gasteiger partial charge in [0.15, 0.2) is 0 Å². The predicted molar refractivity (Wildman–Crippen MR) is 72.8 cm³/mol. The highest BCUT2D eigenvalue weighted by molar-refractivity contribution is 5.39. The maximum Gasteiger partial charge on any atom is 0.273 e. The highest BCUT2D eigenvalue weighted by atomic mass is 16.6. The molecule has 0 aliphatic heterocycles. The van der Waals surface area contributed by atoms with Gasteiger partial charge in [0, 0.05) is 23.7 Å². The molecule has 0 radical (unpaired) electrons. The van der Waals surface area contributed by atoms with Gasteiger partial charge in [0.1, 0.15) is 0 Å². The average Bonchev–Trinajstić information content (AvgIpc) is 2.46. The molecule has 1 fully saturated rings. The van der Waals surface area contributed by atoms with Gasteiger partial charge in [-0.1, -0.05) is 37.5 Å². The van der Waals surface area contributed by atoms with E-state index in [0.29, 0.717) is 12.1 Å². The van der Waals surface area contributed by atoms with Crippen LogP contribution >= 0.6 is 0 Å². The summed E-state index contributed by atoms with van der Waals surface area (Å²) in [6.07, 6.45) is 5.28. The summed E-state index contributed by atoms with van der Waals surface area (Å²) in [5, 5.41) is 23.9. The molecular weight excluding hydrogens is 244 g/mol. The Morgan fingerprint density at radius 2 is 1.95 bits per heavy atom. The molecular formula is C14H20N2O3. The van der Waals surface area contributed by atoms with Gasteiger partial charge in [-0.2, -0.15) is 0 Å². The highest BCUT2D eigenvalue weighted by Crippen LogP contribution is 2.28. The first-order valence-corrected chi connectivity index (χ1v) is 6.75. The van der Waals surface area contributed by atoms with Gasteiger partial charge in [-0.05, 0) is 12.8 Å². The number of nitrogens with zero attached hydrogens (tertiary/aromatic N) is 1. The minimum atomic E-state index is -0.358. The minimum Gasteiger partial charge on any atom is -0.394 e. The molecule has 19 heavy (non-hydrogen) atoms. The van der Waals surface area contributed by atoms with Crippen LogP contribution in [0, 0.1) is 10.1 Å². The number of nitro benzene ring substituents is 1. The summed E-state index contributed by atoms with van der Waals surface area (Å²) >= 11 is 0. The van der Waals surface area contributed by atoms with Crippen LogP contribution in [0.5, 0.6) is 0 Å². The van der Waals surface area contributed by atoms with Crippen molar-refractivity contribution in [2.24, 2.45) is 0 Å². The number of hydrogen-bond acceptors (Lipinski definition) is 4. The van der Waals surface area contributed by atoms with Crippen LogP contribution in [0.2, 0.25) is 0 Å². The third-order valence-corrected chi connectivity index (χ3v) is 3.96. The molecule has 0 bridgehead atoms. The van der Waals surface area contributed by atoms with Crippen LogP contribution in [0.4, 0.5) is 5.69 Å². The van der Waals surface area contributed by atoms with Crippen molar-refractivity contribution >= 4 is 5.69 Å². The Morgan fingerprint density at radius 1 is 1.26 bits per heavy atom. The van der Waals surface area contributed by atoms with E-state index in [9.17, 15) is 15.2 Å². The van der Waals surface area contributed by atoms with Gasteiger partial charge in [0.05, 0.1) is 11.5 Å². The zero-order valence-corrected chi connectivity index (χ0v) is 11.0. The van der Waals surface area contributed by atoms with Gasteiger partial charge < -0.3 is 10.4 Å². The van der Waals surface area contributed by atoms with Crippen molar-refractivity contribution in [2.75, 3.05) is 6.61 Å². The summed E-state index contributed by atoms with van der Waals surface area (Å²) < 4.78 is 0. The van der Waals surface area contributed by atoms with Crippen LogP contribution in [-0.2, 0) is 6.54 Å². The molecule has 0 atom stereocenters. The van der Waals surface area contributed by atoms with Gasteiger partial charge in [-0.25, -0.2) is 0 Å². The summed E-state index contributed by atoms with van der Waals surface area (Å²) in [6.45, 7) is 0.519. The number of hydrogen-bond donors (Lipinski definition) is 2. The first-order valence-electron chi connectivity index (χ1n) is 6.75. The third kappa shape index (κ3) is 3.30. The fraction of sp³-hybridized carbons (Fsp3) is 0.571. The quantitative estimate of drug-likeness (QED) is 0.632. The van der Waals surface area contributed by atoms with Gasteiger partial charge >= 0.3 is 0 Å². The fourth-order valence-electron chi connectivity index (χ4n) is 2.74. The van der Waals surface area contributed by atoms with E-state index in [-0.39, 0.29) is 22.8 Å². The number of para-hydroxylation sites is 1. The zero-order valence-electron chi connectivity index (χ0n) is 11.0. The van der Waals surface area contributed by atoms with Crippen LogP contribution in [-0.4, -0.2) is 22.2 Å². The second-order valence-electron chi connectivity index (χ2n) is 5.24. The normalized spacial score (nSPS) is 18.2. The smallest absolute Gasteiger partial charge is 0.273 e. The Bertz CT molecular complexity index is 442. The molecule has 5 nitrogen and oxygen atoms in total. The van der Waals surface area contributed by atoms with Crippen molar-refractivity contribution in [2.45, 2.75) is 44.2 Å². The number of nitro groups is 1. The number of nitrogens with one attached hydrogen (secondary N) is 1. The Labute approximate surface area is 112 Å². The van der Waals surface area contributed by atoms with E-state index >= 15 is 0 Å². The molecule has 1 saturated carbocycles. The first kappa shape index (κ1) is 14.0. The van der Waals surface area contributed by atoms with Crippen molar-refractivity contribution < 1.29 is 10.0 Å². The molecule has 2 rings (SSSR count). The lowest BCUT2D eigenvalue weighted by Gasteiger charge is -2.36. The minimum absolute atomic E-state index is 0.0909. The number of aliphatic hydroxyl groups excluding tert-OH is 1. The van der Waals surface area contributed by atoms with Gasteiger partial charge in [-0.15, -0.1) is 0 Å². The second kappa shape index (κ2) is 6.12. The SMILES string of the molecule is O=[N+]([O-])c1ccccc1CNC1(CO)CCCCC1. The van der Waals surface area contributed by atoms with E-state index in [4.69, 9.17) is 0 Å². The molecule has 1 aliphatic rings. The lowest BCUT2D eigenvalue weighted by Crippen LogP contribution is -2.49. The maximum atomic E-state index is 11.0. The first-order chi connectivity index (χ1) is 9.17. The van der Waals surface area contributed by atoms with Crippen LogP contribution in [0.3, 0.4) is 0 Å². The van der Waals surface area contributed by atoms with E-state index in [1.54, 1.807) is 18.2 Å². The van der Waals surface area contributed by atoms with Gasteiger partial charge in [-0.3, -0.25) is 10.1 Å². The highest BCUT2D eigenvalue weighted by Gasteiger charge is 2.31. The van der Waals surface area contributed by atoms with Crippen molar-refractivity contribution in [3.05, 3.63) is 39.9 Å². The van der Waals surface area contributed by atoms with Crippen LogP contribution < -0.4 is 5.32 Å². The van der Waals surface area contributed by atoms with Gasteiger partial charge in [0.25, 0.3) is 5.69 Å². The molecule has 0 amide bonds. The summed E-state index contributed by atoms with van der Waals surface area (Å²) in [5.74, 6) is 0. The van der Waals surface area contributed by atoms with E-state index in [1.807, 2.05) is 0 Å². The molecule has 1 aromatic carbocycles. The summed E-state index contributed by atoms with van der Waals surface area (Å²) in [4.78, 5) is 10.6. The third-order valence-electron chi connectivity index (χ3n) is 3.96. The number of aliphatic hydroxyl groups is 1. The van der Waals surface area contributed by atoms with E-state index in [0.717, 1.165) is 25.7 Å². The maximum absolute atomic E-state index is 11.0. The van der Waals surface area contributed by atoms with Crippen molar-refractivity contribution in [1.29, 1.82) is 0 Å². The van der Waals surface area contributed by atoms with Crippen molar-refractivity contribution in [1.82, 2.24) is 5.32 Å². The van der Waals surface area contributed by atoms with Crippen LogP contribution in [0.15, 0.2) is 24.3 Å². The van der Waals surface area contributed by atoms with E-state index in [1.165, 1.54) is 12.5 Å². The molecule has 104 valence electrons. The lowest BCUT2D eigenvalue weighted by atomic mass is 9.82. The van der Waals surface area contributed by atoms with E-state index < -0.39 is 0 Å². The fourth-order valence-corrected chi connectivity index (χ4v) is 2.74. The molecule has 0 unspecified atom stereocenters. The van der Waals surface area contributed by atoms with Crippen LogP contribution in [0.25, 0.3) is 0 Å². The van der Waals surface area contributed by atoms with Crippen LogP contribution in [0.1, 0.15) is 37.7 Å². The monoisotopic (exact) mass is 264 g/mol. The topological polar surface area (TPSA) is 75.4 Å². The molecule has 0 spiro atoms. The summed E-state index contributed by atoms with van der Waals surface area (Å²) in [5.41, 5.74) is 0.548.